The lowest BCUT2D eigenvalue weighted by Crippen LogP contribution is -2.53. The fourth-order valence-electron chi connectivity index (χ4n) is 4.72. The number of amides is 1. The Hall–Kier alpha value is -2.49. The molecule has 2 aromatic carbocycles. The SMILES string of the molecule is CN1CCN(C(=O)CC2(COc3ccccc3)CCCN(S(=O)(=O)c3ccccc3F)C2)CC1. The maximum absolute atomic E-state index is 14.4. The van der Waals surface area contributed by atoms with Crippen LogP contribution in [0.1, 0.15) is 19.3 Å². The predicted octanol–water partition coefficient (Wildman–Crippen LogP) is 2.84. The zero-order chi connectivity index (χ0) is 24.2. The van der Waals surface area contributed by atoms with Crippen LogP contribution < -0.4 is 4.74 Å². The van der Waals surface area contributed by atoms with E-state index in [9.17, 15) is 17.6 Å². The first-order valence-electron chi connectivity index (χ1n) is 11.7. The van der Waals surface area contributed by atoms with Gasteiger partial charge in [-0.3, -0.25) is 4.79 Å². The molecule has 0 N–H and O–H groups in total. The molecular weight excluding hydrogens is 457 g/mol. The van der Waals surface area contributed by atoms with E-state index in [2.05, 4.69) is 4.90 Å². The minimum Gasteiger partial charge on any atom is -0.493 e. The van der Waals surface area contributed by atoms with Crippen LogP contribution in [0.5, 0.6) is 5.75 Å². The number of piperazine rings is 1. The van der Waals surface area contributed by atoms with Crippen molar-refractivity contribution in [3.05, 3.63) is 60.4 Å². The molecule has 4 rings (SSSR count). The van der Waals surface area contributed by atoms with Crippen molar-refractivity contribution in [1.82, 2.24) is 14.1 Å². The third-order valence-electron chi connectivity index (χ3n) is 6.75. The molecule has 9 heteroatoms. The Bertz CT molecular complexity index is 1090. The van der Waals surface area contributed by atoms with E-state index in [1.54, 1.807) is 0 Å². The van der Waals surface area contributed by atoms with Crippen LogP contribution in [-0.4, -0.2) is 81.4 Å². The second kappa shape index (κ2) is 10.4. The van der Waals surface area contributed by atoms with Crippen LogP contribution in [0.2, 0.25) is 0 Å². The zero-order valence-corrected chi connectivity index (χ0v) is 20.3. The third kappa shape index (κ3) is 5.59. The number of benzene rings is 2. The Morgan fingerprint density at radius 2 is 1.68 bits per heavy atom. The van der Waals surface area contributed by atoms with E-state index in [1.807, 2.05) is 42.3 Å². The van der Waals surface area contributed by atoms with E-state index in [0.717, 1.165) is 19.2 Å². The van der Waals surface area contributed by atoms with Gasteiger partial charge in [-0.15, -0.1) is 0 Å². The average Bonchev–Trinajstić information content (AvgIpc) is 2.84. The first kappa shape index (κ1) is 24.6. The molecule has 7 nitrogen and oxygen atoms in total. The number of carbonyl (C=O) groups excluding carboxylic acids is 1. The summed E-state index contributed by atoms with van der Waals surface area (Å²) < 4.78 is 48.5. The average molecular weight is 490 g/mol. The van der Waals surface area contributed by atoms with Crippen molar-refractivity contribution in [3.63, 3.8) is 0 Å². The summed E-state index contributed by atoms with van der Waals surface area (Å²) in [5.41, 5.74) is -0.702. The van der Waals surface area contributed by atoms with Crippen LogP contribution in [0.25, 0.3) is 0 Å². The summed E-state index contributed by atoms with van der Waals surface area (Å²) in [5, 5.41) is 0. The van der Waals surface area contributed by atoms with Crippen molar-refractivity contribution >= 4 is 15.9 Å². The molecule has 184 valence electrons. The minimum absolute atomic E-state index is 0.00917. The van der Waals surface area contributed by atoms with Gasteiger partial charge in [0.2, 0.25) is 15.9 Å². The second-order valence-corrected chi connectivity index (χ2v) is 11.2. The van der Waals surface area contributed by atoms with Crippen molar-refractivity contribution < 1.29 is 22.3 Å². The van der Waals surface area contributed by atoms with E-state index in [1.165, 1.54) is 22.5 Å². The van der Waals surface area contributed by atoms with Gasteiger partial charge in [0.1, 0.15) is 16.5 Å². The molecule has 1 atom stereocenters. The zero-order valence-electron chi connectivity index (χ0n) is 19.5. The Morgan fingerprint density at radius 1 is 1.00 bits per heavy atom. The highest BCUT2D eigenvalue weighted by Crippen LogP contribution is 2.37. The quantitative estimate of drug-likeness (QED) is 0.598. The lowest BCUT2D eigenvalue weighted by Gasteiger charge is -2.43. The Labute approximate surface area is 201 Å². The number of ether oxygens (including phenoxy) is 1. The van der Waals surface area contributed by atoms with E-state index < -0.39 is 21.3 Å². The molecule has 0 radical (unpaired) electrons. The molecule has 1 amide bonds. The highest BCUT2D eigenvalue weighted by atomic mass is 32.2. The Morgan fingerprint density at radius 3 is 2.38 bits per heavy atom. The van der Waals surface area contributed by atoms with E-state index in [-0.39, 0.29) is 36.9 Å². The lowest BCUT2D eigenvalue weighted by atomic mass is 9.78. The van der Waals surface area contributed by atoms with Crippen molar-refractivity contribution in [2.45, 2.75) is 24.2 Å². The lowest BCUT2D eigenvalue weighted by molar-refractivity contribution is -0.136. The molecule has 0 bridgehead atoms. The smallest absolute Gasteiger partial charge is 0.246 e. The molecule has 0 aliphatic carbocycles. The largest absolute Gasteiger partial charge is 0.493 e. The van der Waals surface area contributed by atoms with Crippen molar-refractivity contribution in [1.29, 1.82) is 0 Å². The van der Waals surface area contributed by atoms with Crippen LogP contribution in [0, 0.1) is 11.2 Å². The molecule has 0 aromatic heterocycles. The number of rotatable bonds is 7. The maximum atomic E-state index is 14.4. The topological polar surface area (TPSA) is 70.2 Å². The summed E-state index contributed by atoms with van der Waals surface area (Å²) in [6, 6.07) is 14.7. The predicted molar refractivity (Wildman–Crippen MR) is 127 cm³/mol. The van der Waals surface area contributed by atoms with Gasteiger partial charge in [-0.2, -0.15) is 4.31 Å². The van der Waals surface area contributed by atoms with Gasteiger partial charge in [-0.25, -0.2) is 12.8 Å². The van der Waals surface area contributed by atoms with Gasteiger partial charge < -0.3 is 14.5 Å². The number of piperidine rings is 1. The van der Waals surface area contributed by atoms with Crippen LogP contribution in [0.4, 0.5) is 4.39 Å². The van der Waals surface area contributed by atoms with Crippen LogP contribution in [0.15, 0.2) is 59.5 Å². The summed E-state index contributed by atoms with van der Waals surface area (Å²) >= 11 is 0. The molecule has 2 aliphatic rings. The molecule has 34 heavy (non-hydrogen) atoms. The molecule has 1 unspecified atom stereocenters. The van der Waals surface area contributed by atoms with E-state index in [4.69, 9.17) is 4.74 Å². The number of halogens is 1. The number of hydrogen-bond donors (Lipinski definition) is 0. The fraction of sp³-hybridized carbons (Fsp3) is 0.480. The van der Waals surface area contributed by atoms with Gasteiger partial charge in [0.05, 0.1) is 6.61 Å². The van der Waals surface area contributed by atoms with Gasteiger partial charge in [0.15, 0.2) is 0 Å². The summed E-state index contributed by atoms with van der Waals surface area (Å²) in [6.07, 6.45) is 1.41. The standard InChI is InChI=1S/C25H32FN3O4S/c1-27-14-16-28(17-15-27)24(30)18-25(20-33-21-8-3-2-4-9-21)12-7-13-29(19-25)34(31,32)23-11-6-5-10-22(23)26/h2-6,8-11H,7,12-20H2,1H3. The molecule has 2 saturated heterocycles. The molecule has 2 aromatic rings. The summed E-state index contributed by atoms with van der Waals surface area (Å²) in [7, 11) is -2.01. The number of likely N-dealkylation sites (N-methyl/N-ethyl adjacent to an activating group) is 1. The highest BCUT2D eigenvalue weighted by molar-refractivity contribution is 7.89. The van der Waals surface area contributed by atoms with Gasteiger partial charge in [-0.1, -0.05) is 30.3 Å². The molecule has 2 aliphatic heterocycles. The Balaban J connectivity index is 1.57. The third-order valence-corrected chi connectivity index (χ3v) is 8.63. The first-order chi connectivity index (χ1) is 16.3. The van der Waals surface area contributed by atoms with Gasteiger partial charge in [-0.05, 0) is 44.2 Å². The molecule has 0 spiro atoms. The van der Waals surface area contributed by atoms with Gasteiger partial charge >= 0.3 is 0 Å². The van der Waals surface area contributed by atoms with Crippen molar-refractivity contribution in [2.75, 3.05) is 52.9 Å². The van der Waals surface area contributed by atoms with Gasteiger partial charge in [0.25, 0.3) is 0 Å². The number of hydrogen-bond acceptors (Lipinski definition) is 5. The summed E-state index contributed by atoms with van der Waals surface area (Å²) in [4.78, 5) is 17.0. The number of sulfonamides is 1. The van der Waals surface area contributed by atoms with E-state index >= 15 is 0 Å². The van der Waals surface area contributed by atoms with Crippen LogP contribution in [-0.2, 0) is 14.8 Å². The fourth-order valence-corrected chi connectivity index (χ4v) is 6.37. The number of nitrogens with zero attached hydrogens (tertiary/aromatic N) is 3. The van der Waals surface area contributed by atoms with Crippen LogP contribution >= 0.6 is 0 Å². The summed E-state index contributed by atoms with van der Waals surface area (Å²) in [5.74, 6) is -0.0920. The van der Waals surface area contributed by atoms with Crippen LogP contribution in [0.3, 0.4) is 0 Å². The molecule has 2 heterocycles. The number of carbonyl (C=O) groups is 1. The minimum atomic E-state index is -4.04. The monoisotopic (exact) mass is 489 g/mol. The van der Waals surface area contributed by atoms with Gasteiger partial charge in [0, 0.05) is 51.1 Å². The van der Waals surface area contributed by atoms with E-state index in [0.29, 0.717) is 31.7 Å². The number of para-hydroxylation sites is 1. The first-order valence-corrected chi connectivity index (χ1v) is 13.1. The highest BCUT2D eigenvalue weighted by Gasteiger charge is 2.43. The molecule has 2 fully saturated rings. The van der Waals surface area contributed by atoms with Crippen molar-refractivity contribution in [3.8, 4) is 5.75 Å². The summed E-state index contributed by atoms with van der Waals surface area (Å²) in [6.45, 7) is 3.53. The maximum Gasteiger partial charge on any atom is 0.246 e. The van der Waals surface area contributed by atoms with Crippen molar-refractivity contribution in [2.24, 2.45) is 5.41 Å². The second-order valence-electron chi connectivity index (χ2n) is 9.34. The molecule has 0 saturated carbocycles. The molecular formula is C25H32FN3O4S. The normalized spacial score (nSPS) is 22.5. The Kier molecular flexibility index (Phi) is 7.54.